The van der Waals surface area contributed by atoms with Crippen LogP contribution in [0.1, 0.15) is 59.9 Å². The highest BCUT2D eigenvalue weighted by Crippen LogP contribution is 2.23. The number of quaternary nitrogens is 1. The van der Waals surface area contributed by atoms with Gasteiger partial charge in [-0.2, -0.15) is 4.76 Å². The van der Waals surface area contributed by atoms with Gasteiger partial charge in [-0.05, 0) is 69.9 Å². The van der Waals surface area contributed by atoms with E-state index in [0.29, 0.717) is 12.0 Å². The summed E-state index contributed by atoms with van der Waals surface area (Å²) in [5.41, 5.74) is 7.79. The molecule has 0 aromatic heterocycles. The molecule has 3 unspecified atom stereocenters. The van der Waals surface area contributed by atoms with Crippen LogP contribution in [0.4, 0.5) is 25.8 Å². The summed E-state index contributed by atoms with van der Waals surface area (Å²) in [6.07, 6.45) is -1.74. The Balaban J connectivity index is 1.92. The van der Waals surface area contributed by atoms with E-state index in [4.69, 9.17) is 15.2 Å². The Hall–Kier alpha value is -4.96. The number of nitrogens with two attached hydrogens (primary N) is 1. The van der Waals surface area contributed by atoms with Crippen molar-refractivity contribution >= 4 is 35.6 Å². The summed E-state index contributed by atoms with van der Waals surface area (Å²) in [6.45, 7) is 9.93. The van der Waals surface area contributed by atoms with Crippen LogP contribution in [-0.2, 0) is 16.1 Å². The van der Waals surface area contributed by atoms with Gasteiger partial charge in [-0.3, -0.25) is 19.8 Å². The van der Waals surface area contributed by atoms with E-state index < -0.39 is 51.5 Å². The summed E-state index contributed by atoms with van der Waals surface area (Å²) in [5.74, 6) is -0.700. The second-order valence-corrected chi connectivity index (χ2v) is 12.1. The van der Waals surface area contributed by atoms with Crippen molar-refractivity contribution < 1.29 is 43.4 Å². The van der Waals surface area contributed by atoms with Crippen molar-refractivity contribution in [3.63, 3.8) is 0 Å². The van der Waals surface area contributed by atoms with E-state index in [2.05, 4.69) is 10.7 Å². The first-order valence-corrected chi connectivity index (χ1v) is 14.5. The third-order valence-corrected chi connectivity index (χ3v) is 6.83. The molecule has 0 spiro atoms. The Morgan fingerprint density at radius 1 is 1.04 bits per heavy atom. The number of hydrogen-bond donors (Lipinski definition) is 4. The van der Waals surface area contributed by atoms with Gasteiger partial charge in [0.2, 0.25) is 5.91 Å². The fourth-order valence-corrected chi connectivity index (χ4v) is 4.57. The average molecular weight is 647 g/mol. The van der Waals surface area contributed by atoms with Crippen LogP contribution in [0.5, 0.6) is 5.75 Å². The van der Waals surface area contributed by atoms with Crippen molar-refractivity contribution in [2.45, 2.75) is 78.6 Å². The number of rotatable bonds is 14. The van der Waals surface area contributed by atoms with Crippen LogP contribution < -0.4 is 21.2 Å². The Morgan fingerprint density at radius 2 is 1.63 bits per heavy atom. The number of nitrogens with one attached hydrogen (secondary N) is 2. The van der Waals surface area contributed by atoms with Gasteiger partial charge in [0.25, 0.3) is 5.69 Å². The number of nitro groups is 1. The number of benzene rings is 2. The highest BCUT2D eigenvalue weighted by atomic mass is 16.7. The topological polar surface area (TPSA) is 226 Å². The molecule has 4 amide bonds. The number of hydroxylamine groups is 2. The first kappa shape index (κ1) is 37.2. The number of urea groups is 1. The molecule has 0 aliphatic rings. The molecule has 2 aromatic rings. The van der Waals surface area contributed by atoms with Crippen LogP contribution in [0.3, 0.4) is 0 Å². The molecule has 0 heterocycles. The highest BCUT2D eigenvalue weighted by Gasteiger charge is 2.39. The fourth-order valence-electron chi connectivity index (χ4n) is 4.57. The molecule has 0 saturated heterocycles. The molecule has 0 bridgehead atoms. The number of nitro benzene ring substituents is 1. The van der Waals surface area contributed by atoms with E-state index in [-0.39, 0.29) is 42.6 Å². The Kier molecular flexibility index (Phi) is 12.8. The van der Waals surface area contributed by atoms with Crippen molar-refractivity contribution in [3.8, 4) is 5.75 Å². The quantitative estimate of drug-likeness (QED) is 0.0692. The number of hydrogen-bond acceptors (Lipinski definition) is 10. The minimum atomic E-state index is -1.58. The zero-order valence-corrected chi connectivity index (χ0v) is 26.7. The minimum absolute atomic E-state index is 0.0630. The maximum absolute atomic E-state index is 13.2. The predicted molar refractivity (Wildman–Crippen MR) is 167 cm³/mol. The summed E-state index contributed by atoms with van der Waals surface area (Å²) in [6, 6.07) is 8.41. The third kappa shape index (κ3) is 10.9. The van der Waals surface area contributed by atoms with Gasteiger partial charge in [-0.25, -0.2) is 19.8 Å². The van der Waals surface area contributed by atoms with E-state index in [9.17, 15) is 39.6 Å². The SMILES string of the molecule is CC(CCC[N+]([O-])(Nc1ccc(COC(=O)Oc2ccc([N+](=O)[O-])cc2)cc1)C(N)=O)NC(=O)C(C(C)C)N(C(=O)O)C(C)(C)C. The molecule has 3 atom stereocenters. The summed E-state index contributed by atoms with van der Waals surface area (Å²) < 4.78 is 8.44. The monoisotopic (exact) mass is 646 g/mol. The smallest absolute Gasteiger partial charge is 0.514 e. The van der Waals surface area contributed by atoms with Crippen molar-refractivity contribution in [1.82, 2.24) is 10.2 Å². The van der Waals surface area contributed by atoms with Crippen LogP contribution in [0.15, 0.2) is 48.5 Å². The summed E-state index contributed by atoms with van der Waals surface area (Å²) >= 11 is 0. The molecule has 0 aliphatic heterocycles. The Labute approximate surface area is 266 Å². The van der Waals surface area contributed by atoms with E-state index in [1.807, 2.05) is 0 Å². The zero-order chi connectivity index (χ0) is 34.8. The number of carboxylic acid groups (broad SMARTS) is 1. The molecular formula is C30H42N6O10. The first-order chi connectivity index (χ1) is 21.3. The second-order valence-electron chi connectivity index (χ2n) is 12.1. The van der Waals surface area contributed by atoms with Gasteiger partial charge in [0, 0.05) is 30.1 Å². The molecule has 16 nitrogen and oxygen atoms in total. The molecule has 0 aliphatic carbocycles. The summed E-state index contributed by atoms with van der Waals surface area (Å²) in [4.78, 5) is 60.4. The van der Waals surface area contributed by atoms with E-state index in [1.54, 1.807) is 53.7 Å². The molecule has 2 rings (SSSR count). The van der Waals surface area contributed by atoms with Gasteiger partial charge in [0.1, 0.15) is 24.9 Å². The molecular weight excluding hydrogens is 604 g/mol. The summed E-state index contributed by atoms with van der Waals surface area (Å²) in [5, 5.41) is 36.6. The molecule has 16 heteroatoms. The lowest BCUT2D eigenvalue weighted by Crippen LogP contribution is -2.59. The van der Waals surface area contributed by atoms with Crippen molar-refractivity contribution in [3.05, 3.63) is 69.4 Å². The van der Waals surface area contributed by atoms with Gasteiger partial charge >= 0.3 is 18.3 Å². The van der Waals surface area contributed by atoms with Crippen molar-refractivity contribution in [1.29, 1.82) is 0 Å². The summed E-state index contributed by atoms with van der Waals surface area (Å²) in [7, 11) is 0. The van der Waals surface area contributed by atoms with Gasteiger partial charge in [0.15, 0.2) is 0 Å². The maximum Gasteiger partial charge on any atom is 0.514 e. The zero-order valence-electron chi connectivity index (χ0n) is 26.7. The number of carbonyl (C=O) groups excluding carboxylic acids is 3. The molecule has 0 fully saturated rings. The van der Waals surface area contributed by atoms with Gasteiger partial charge in [-0.1, -0.05) is 26.0 Å². The predicted octanol–water partition coefficient (Wildman–Crippen LogP) is 5.12. The lowest BCUT2D eigenvalue weighted by molar-refractivity contribution is -0.774. The second kappa shape index (κ2) is 15.9. The van der Waals surface area contributed by atoms with Crippen LogP contribution in [0.2, 0.25) is 0 Å². The number of non-ortho nitro benzene ring substituents is 1. The maximum atomic E-state index is 13.2. The van der Waals surface area contributed by atoms with Crippen LogP contribution >= 0.6 is 0 Å². The standard InChI is InChI=1S/C30H42N6O10/c1-19(2)25(34(28(39)40)30(4,5)6)26(37)32-20(3)8-7-17-36(44,27(31)38)33-22-11-9-21(10-12-22)18-45-29(41)46-24-15-13-23(14-16-24)35(42)43/h9-16,19-20,25,33H,7-8,17-18H2,1-6H3,(H2,31,38)(H,32,37)(H,39,40). The number of primary amides is 1. The van der Waals surface area contributed by atoms with Crippen LogP contribution in [-0.4, -0.2) is 68.0 Å². The van der Waals surface area contributed by atoms with Crippen LogP contribution in [0, 0.1) is 21.2 Å². The molecule has 0 saturated carbocycles. The van der Waals surface area contributed by atoms with E-state index >= 15 is 0 Å². The van der Waals surface area contributed by atoms with Crippen molar-refractivity contribution in [2.24, 2.45) is 11.7 Å². The number of ether oxygens (including phenoxy) is 2. The lowest BCUT2D eigenvalue weighted by atomic mass is 9.95. The van der Waals surface area contributed by atoms with E-state index in [1.165, 1.54) is 36.4 Å². The van der Waals surface area contributed by atoms with Gasteiger partial charge < -0.3 is 30.8 Å². The number of carbonyl (C=O) groups is 4. The normalized spacial score (nSPS) is 13.9. The Bertz CT molecular complexity index is 1380. The fraction of sp³-hybridized carbons (Fsp3) is 0.467. The first-order valence-electron chi connectivity index (χ1n) is 14.5. The molecule has 252 valence electrons. The number of amides is 4. The van der Waals surface area contributed by atoms with Crippen molar-refractivity contribution in [2.75, 3.05) is 12.0 Å². The average Bonchev–Trinajstić information content (AvgIpc) is 2.94. The molecule has 5 N–H and O–H groups in total. The van der Waals surface area contributed by atoms with E-state index in [0.717, 1.165) is 4.90 Å². The Morgan fingerprint density at radius 3 is 2.11 bits per heavy atom. The minimum Gasteiger partial charge on any atom is -0.598 e. The molecule has 2 aromatic carbocycles. The highest BCUT2D eigenvalue weighted by molar-refractivity contribution is 5.86. The number of anilines is 1. The van der Waals surface area contributed by atoms with Gasteiger partial charge in [-0.15, -0.1) is 0 Å². The lowest BCUT2D eigenvalue weighted by Gasteiger charge is -2.41. The largest absolute Gasteiger partial charge is 0.598 e. The number of nitrogens with zero attached hydrogens (tertiary/aromatic N) is 3. The van der Waals surface area contributed by atoms with Crippen LogP contribution in [0.25, 0.3) is 0 Å². The molecule has 46 heavy (non-hydrogen) atoms. The van der Waals surface area contributed by atoms with Gasteiger partial charge in [0.05, 0.1) is 10.6 Å². The molecule has 0 radical (unpaired) electrons. The third-order valence-electron chi connectivity index (χ3n) is 6.83.